The molecule has 2 aromatic carbocycles. The molecule has 20 heavy (non-hydrogen) atoms. The molecule has 0 saturated heterocycles. The standard InChI is InChI=1S/C15H12O5/c16-10-3-1-9(2-4-10)13(18)8-15(20)12-6-5-11(17)7-14(12)19/h1-8,16-19H/p-1/b13-8-. The zero-order valence-corrected chi connectivity index (χ0v) is 10.3. The third kappa shape index (κ3) is 2.89. The summed E-state index contributed by atoms with van der Waals surface area (Å²) in [6, 6.07) is 8.94. The monoisotopic (exact) mass is 271 g/mol. The van der Waals surface area contributed by atoms with Crippen LogP contribution in [0, 0.1) is 0 Å². The topological polar surface area (TPSA) is 101 Å². The number of aromatic hydroxyl groups is 3. The fourth-order valence-corrected chi connectivity index (χ4v) is 1.63. The Hall–Kier alpha value is -2.95. The van der Waals surface area contributed by atoms with E-state index in [1.807, 2.05) is 0 Å². The van der Waals surface area contributed by atoms with Gasteiger partial charge in [0, 0.05) is 6.07 Å². The quantitative estimate of drug-likeness (QED) is 0.445. The lowest BCUT2D eigenvalue weighted by molar-refractivity contribution is -0.243. The van der Waals surface area contributed by atoms with E-state index in [-0.39, 0.29) is 22.6 Å². The molecular formula is C15H11O5-. The second-order valence-corrected chi connectivity index (χ2v) is 4.12. The first-order valence-electron chi connectivity index (χ1n) is 5.72. The highest BCUT2D eigenvalue weighted by molar-refractivity contribution is 6.09. The fraction of sp³-hybridized carbons (Fsp3) is 0. The van der Waals surface area contributed by atoms with Crippen LogP contribution >= 0.6 is 0 Å². The van der Waals surface area contributed by atoms with E-state index in [0.29, 0.717) is 0 Å². The number of phenols is 3. The highest BCUT2D eigenvalue weighted by Gasteiger charge is 2.09. The van der Waals surface area contributed by atoms with Crippen molar-refractivity contribution in [3.05, 3.63) is 59.7 Å². The third-order valence-electron chi connectivity index (χ3n) is 2.66. The van der Waals surface area contributed by atoms with Gasteiger partial charge in [0.25, 0.3) is 0 Å². The summed E-state index contributed by atoms with van der Waals surface area (Å²) in [6.07, 6.45) is 0.846. The fourth-order valence-electron chi connectivity index (χ4n) is 1.63. The summed E-state index contributed by atoms with van der Waals surface area (Å²) >= 11 is 0. The van der Waals surface area contributed by atoms with E-state index < -0.39 is 17.3 Å². The van der Waals surface area contributed by atoms with Crippen LogP contribution in [-0.2, 0) is 0 Å². The Balaban J connectivity index is 2.29. The smallest absolute Gasteiger partial charge is 0.188 e. The second kappa shape index (κ2) is 5.36. The predicted octanol–water partition coefficient (Wildman–Crippen LogP) is 1.39. The molecule has 0 aliphatic rings. The number of hydrogen-bond acceptors (Lipinski definition) is 5. The number of hydrogen-bond donors (Lipinski definition) is 3. The number of carbonyl (C=O) groups is 1. The van der Waals surface area contributed by atoms with Crippen molar-refractivity contribution >= 4 is 11.5 Å². The van der Waals surface area contributed by atoms with Crippen LogP contribution in [0.3, 0.4) is 0 Å². The zero-order chi connectivity index (χ0) is 14.7. The van der Waals surface area contributed by atoms with Gasteiger partial charge in [0.1, 0.15) is 17.2 Å². The summed E-state index contributed by atoms with van der Waals surface area (Å²) in [6.45, 7) is 0. The van der Waals surface area contributed by atoms with Crippen molar-refractivity contribution in [2.24, 2.45) is 0 Å². The molecule has 0 amide bonds. The Morgan fingerprint density at radius 3 is 2.15 bits per heavy atom. The average molecular weight is 271 g/mol. The van der Waals surface area contributed by atoms with Crippen LogP contribution in [0.25, 0.3) is 5.76 Å². The van der Waals surface area contributed by atoms with Gasteiger partial charge in [-0.1, -0.05) is 17.9 Å². The minimum atomic E-state index is -0.666. The maximum Gasteiger partial charge on any atom is 0.188 e. The van der Waals surface area contributed by atoms with Gasteiger partial charge < -0.3 is 20.4 Å². The highest BCUT2D eigenvalue weighted by atomic mass is 16.3. The minimum Gasteiger partial charge on any atom is -0.872 e. The van der Waals surface area contributed by atoms with Gasteiger partial charge in [0.2, 0.25) is 0 Å². The lowest BCUT2D eigenvalue weighted by atomic mass is 10.1. The molecule has 102 valence electrons. The van der Waals surface area contributed by atoms with E-state index in [1.165, 1.54) is 36.4 Å². The molecule has 0 aromatic heterocycles. The number of ketones is 1. The van der Waals surface area contributed by atoms with E-state index in [1.54, 1.807) is 0 Å². The van der Waals surface area contributed by atoms with Gasteiger partial charge in [0.05, 0.1) is 5.56 Å². The SMILES string of the molecule is O=C(/C=C(\[O-])c1ccc(O)cc1)c1ccc(O)cc1O. The van der Waals surface area contributed by atoms with E-state index in [2.05, 4.69) is 0 Å². The van der Waals surface area contributed by atoms with Gasteiger partial charge >= 0.3 is 0 Å². The van der Waals surface area contributed by atoms with Crippen molar-refractivity contribution in [2.45, 2.75) is 0 Å². The second-order valence-electron chi connectivity index (χ2n) is 4.12. The lowest BCUT2D eigenvalue weighted by Crippen LogP contribution is -2.06. The van der Waals surface area contributed by atoms with Crippen LogP contribution in [0.2, 0.25) is 0 Å². The largest absolute Gasteiger partial charge is 0.872 e. The molecule has 3 N–H and O–H groups in total. The molecule has 5 nitrogen and oxygen atoms in total. The molecule has 0 bridgehead atoms. The molecule has 2 rings (SSSR count). The Bertz CT molecular complexity index is 671. The van der Waals surface area contributed by atoms with Crippen LogP contribution in [-0.4, -0.2) is 21.1 Å². The Labute approximate surface area is 114 Å². The third-order valence-corrected chi connectivity index (χ3v) is 2.66. The molecular weight excluding hydrogens is 260 g/mol. The van der Waals surface area contributed by atoms with E-state index in [4.69, 9.17) is 10.2 Å². The number of rotatable bonds is 3. The predicted molar refractivity (Wildman–Crippen MR) is 70.2 cm³/mol. The Morgan fingerprint density at radius 1 is 0.950 bits per heavy atom. The first kappa shape index (κ1) is 13.5. The number of benzene rings is 2. The van der Waals surface area contributed by atoms with E-state index in [9.17, 15) is 15.0 Å². The maximum atomic E-state index is 11.9. The highest BCUT2D eigenvalue weighted by Crippen LogP contribution is 2.24. The summed E-state index contributed by atoms with van der Waals surface area (Å²) < 4.78 is 0. The van der Waals surface area contributed by atoms with Crippen LogP contribution in [0.5, 0.6) is 17.2 Å². The lowest BCUT2D eigenvalue weighted by Gasteiger charge is -2.12. The van der Waals surface area contributed by atoms with E-state index in [0.717, 1.165) is 12.1 Å². The van der Waals surface area contributed by atoms with Gasteiger partial charge in [0.15, 0.2) is 5.78 Å². The number of carbonyl (C=O) groups excluding carboxylic acids is 1. The molecule has 0 radical (unpaired) electrons. The van der Waals surface area contributed by atoms with Gasteiger partial charge in [-0.2, -0.15) is 0 Å². The molecule has 0 saturated carbocycles. The van der Waals surface area contributed by atoms with Crippen LogP contribution in [0.4, 0.5) is 0 Å². The Morgan fingerprint density at radius 2 is 1.55 bits per heavy atom. The van der Waals surface area contributed by atoms with Crippen molar-refractivity contribution in [1.82, 2.24) is 0 Å². The van der Waals surface area contributed by atoms with Crippen molar-refractivity contribution < 1.29 is 25.2 Å². The summed E-state index contributed by atoms with van der Waals surface area (Å²) in [4.78, 5) is 11.9. The normalized spacial score (nSPS) is 11.3. The molecule has 0 heterocycles. The average Bonchev–Trinajstić information content (AvgIpc) is 2.39. The van der Waals surface area contributed by atoms with Gasteiger partial charge in [-0.25, -0.2) is 0 Å². The molecule has 0 spiro atoms. The summed E-state index contributed by atoms with van der Waals surface area (Å²) in [5.41, 5.74) is 0.171. The molecule has 0 unspecified atom stereocenters. The molecule has 0 aliphatic carbocycles. The first-order chi connectivity index (χ1) is 9.47. The minimum absolute atomic E-state index is 0.0176. The summed E-state index contributed by atoms with van der Waals surface area (Å²) in [5.74, 6) is -1.76. The van der Waals surface area contributed by atoms with E-state index >= 15 is 0 Å². The van der Waals surface area contributed by atoms with Crippen molar-refractivity contribution in [3.63, 3.8) is 0 Å². The van der Waals surface area contributed by atoms with Crippen molar-refractivity contribution in [1.29, 1.82) is 0 Å². The van der Waals surface area contributed by atoms with Crippen molar-refractivity contribution in [3.8, 4) is 17.2 Å². The molecule has 0 aliphatic heterocycles. The van der Waals surface area contributed by atoms with Gasteiger partial charge in [-0.05, 0) is 35.9 Å². The summed E-state index contributed by atoms with van der Waals surface area (Å²) in [5, 5.41) is 39.6. The summed E-state index contributed by atoms with van der Waals surface area (Å²) in [7, 11) is 0. The molecule has 0 atom stereocenters. The number of phenolic OH excluding ortho intramolecular Hbond substituents is 3. The van der Waals surface area contributed by atoms with Crippen molar-refractivity contribution in [2.75, 3.05) is 0 Å². The van der Waals surface area contributed by atoms with Crippen LogP contribution in [0.1, 0.15) is 15.9 Å². The van der Waals surface area contributed by atoms with Gasteiger partial charge in [-0.15, -0.1) is 0 Å². The van der Waals surface area contributed by atoms with Gasteiger partial charge in [-0.3, -0.25) is 4.79 Å². The zero-order valence-electron chi connectivity index (χ0n) is 10.3. The van der Waals surface area contributed by atoms with Crippen LogP contribution < -0.4 is 5.11 Å². The Kier molecular flexibility index (Phi) is 3.61. The molecule has 5 heteroatoms. The molecule has 0 fully saturated rings. The molecule has 2 aromatic rings. The first-order valence-corrected chi connectivity index (χ1v) is 5.72. The maximum absolute atomic E-state index is 11.9. The number of allylic oxidation sites excluding steroid dienone is 1. The van der Waals surface area contributed by atoms with Crippen LogP contribution in [0.15, 0.2) is 48.5 Å².